The van der Waals surface area contributed by atoms with Crippen molar-refractivity contribution < 1.29 is 9.90 Å². The molecule has 4 heteroatoms. The number of aliphatic hydroxyl groups is 1. The van der Waals surface area contributed by atoms with Crippen LogP contribution in [-0.2, 0) is 11.2 Å². The first-order chi connectivity index (χ1) is 9.96. The molecule has 1 aromatic rings. The predicted molar refractivity (Wildman–Crippen MR) is 87.4 cm³/mol. The van der Waals surface area contributed by atoms with E-state index in [9.17, 15) is 4.79 Å². The molecule has 0 saturated heterocycles. The average Bonchev–Trinajstić information content (AvgIpc) is 2.46. The van der Waals surface area contributed by atoms with Crippen LogP contribution in [0.1, 0.15) is 39.7 Å². The highest BCUT2D eigenvalue weighted by Crippen LogP contribution is 2.14. The van der Waals surface area contributed by atoms with Crippen molar-refractivity contribution in [2.24, 2.45) is 5.92 Å². The van der Waals surface area contributed by atoms with Crippen molar-refractivity contribution in [1.82, 2.24) is 5.32 Å². The minimum Gasteiger partial charge on any atom is -0.394 e. The Morgan fingerprint density at radius 2 is 1.81 bits per heavy atom. The van der Waals surface area contributed by atoms with Gasteiger partial charge in [0.2, 0.25) is 5.91 Å². The number of carbonyl (C=O) groups excluding carboxylic acids is 1. The molecule has 0 fully saturated rings. The first-order valence-corrected chi connectivity index (χ1v) is 7.72. The van der Waals surface area contributed by atoms with Crippen molar-refractivity contribution in [1.29, 1.82) is 0 Å². The van der Waals surface area contributed by atoms with Crippen molar-refractivity contribution in [3.63, 3.8) is 0 Å². The molecule has 1 amide bonds. The minimum absolute atomic E-state index is 0.0157. The monoisotopic (exact) mass is 292 g/mol. The molecule has 2 unspecified atom stereocenters. The van der Waals surface area contributed by atoms with Gasteiger partial charge in [0.25, 0.3) is 0 Å². The zero-order valence-corrected chi connectivity index (χ0v) is 13.5. The summed E-state index contributed by atoms with van der Waals surface area (Å²) in [5.74, 6) is 0.520. The lowest BCUT2D eigenvalue weighted by molar-refractivity contribution is -0.121. The van der Waals surface area contributed by atoms with E-state index in [0.29, 0.717) is 18.4 Å². The smallest absolute Gasteiger partial charge is 0.224 e. The predicted octanol–water partition coefficient (Wildman–Crippen LogP) is 2.57. The van der Waals surface area contributed by atoms with Crippen LogP contribution in [0.4, 0.5) is 5.69 Å². The summed E-state index contributed by atoms with van der Waals surface area (Å²) in [5, 5.41) is 15.3. The Bertz CT molecular complexity index is 425. The zero-order valence-electron chi connectivity index (χ0n) is 13.5. The molecule has 21 heavy (non-hydrogen) atoms. The van der Waals surface area contributed by atoms with E-state index in [-0.39, 0.29) is 18.6 Å². The Hall–Kier alpha value is -1.55. The third-order valence-corrected chi connectivity index (χ3v) is 3.79. The normalized spacial score (nSPS) is 13.8. The highest BCUT2D eigenvalue weighted by molar-refractivity contribution is 5.79. The highest BCUT2D eigenvalue weighted by Gasteiger charge is 2.10. The number of hydrogen-bond donors (Lipinski definition) is 3. The standard InChI is InChI=1S/C17H28N2O2/c1-5-15(11-20)19-17(21)10-14-6-8-16(9-7-14)18-13(4)12(2)3/h6-9,12-13,15,18,20H,5,10-11H2,1-4H3,(H,19,21). The van der Waals surface area contributed by atoms with E-state index < -0.39 is 0 Å². The summed E-state index contributed by atoms with van der Waals surface area (Å²) < 4.78 is 0. The quantitative estimate of drug-likeness (QED) is 0.690. The van der Waals surface area contributed by atoms with E-state index in [0.717, 1.165) is 17.7 Å². The summed E-state index contributed by atoms with van der Waals surface area (Å²) in [5.41, 5.74) is 2.05. The Morgan fingerprint density at radius 3 is 2.29 bits per heavy atom. The SMILES string of the molecule is CCC(CO)NC(=O)Cc1ccc(NC(C)C(C)C)cc1. The van der Waals surface area contributed by atoms with Gasteiger partial charge in [-0.15, -0.1) is 0 Å². The minimum atomic E-state index is -0.148. The van der Waals surface area contributed by atoms with Crippen molar-refractivity contribution in [3.8, 4) is 0 Å². The first-order valence-electron chi connectivity index (χ1n) is 7.72. The molecule has 3 N–H and O–H groups in total. The molecule has 118 valence electrons. The van der Waals surface area contributed by atoms with Gasteiger partial charge in [-0.3, -0.25) is 4.79 Å². The molecular formula is C17H28N2O2. The third-order valence-electron chi connectivity index (χ3n) is 3.79. The van der Waals surface area contributed by atoms with Crippen LogP contribution in [-0.4, -0.2) is 29.7 Å². The molecule has 0 aliphatic heterocycles. The second-order valence-corrected chi connectivity index (χ2v) is 5.91. The van der Waals surface area contributed by atoms with E-state index in [1.807, 2.05) is 31.2 Å². The fourth-order valence-electron chi connectivity index (χ4n) is 1.89. The first kappa shape index (κ1) is 17.5. The van der Waals surface area contributed by atoms with Crippen LogP contribution < -0.4 is 10.6 Å². The number of amides is 1. The second kappa shape index (κ2) is 8.67. The van der Waals surface area contributed by atoms with Gasteiger partial charge in [-0.25, -0.2) is 0 Å². The average molecular weight is 292 g/mol. The number of aliphatic hydroxyl groups excluding tert-OH is 1. The van der Waals surface area contributed by atoms with Crippen molar-refractivity contribution in [3.05, 3.63) is 29.8 Å². The molecule has 0 saturated carbocycles. The fourth-order valence-corrected chi connectivity index (χ4v) is 1.89. The molecule has 0 aliphatic rings. The largest absolute Gasteiger partial charge is 0.394 e. The lowest BCUT2D eigenvalue weighted by atomic mass is 10.1. The maximum Gasteiger partial charge on any atom is 0.224 e. The Labute approximate surface area is 128 Å². The summed E-state index contributed by atoms with van der Waals surface area (Å²) in [4.78, 5) is 11.9. The Balaban J connectivity index is 2.52. The molecule has 0 bridgehead atoms. The summed E-state index contributed by atoms with van der Waals surface area (Å²) in [6, 6.07) is 8.21. The molecule has 0 radical (unpaired) electrons. The number of carbonyl (C=O) groups is 1. The van der Waals surface area contributed by atoms with Gasteiger partial charge >= 0.3 is 0 Å². The van der Waals surface area contributed by atoms with Crippen LogP contribution in [0.5, 0.6) is 0 Å². The maximum absolute atomic E-state index is 11.9. The molecule has 0 spiro atoms. The molecular weight excluding hydrogens is 264 g/mol. The van der Waals surface area contributed by atoms with Crippen LogP contribution >= 0.6 is 0 Å². The summed E-state index contributed by atoms with van der Waals surface area (Å²) in [6.07, 6.45) is 1.08. The maximum atomic E-state index is 11.9. The van der Waals surface area contributed by atoms with Crippen LogP contribution in [0.3, 0.4) is 0 Å². The van der Waals surface area contributed by atoms with Crippen LogP contribution in [0, 0.1) is 5.92 Å². The van der Waals surface area contributed by atoms with Gasteiger partial charge in [0.15, 0.2) is 0 Å². The Morgan fingerprint density at radius 1 is 1.19 bits per heavy atom. The van der Waals surface area contributed by atoms with Gasteiger partial charge in [-0.05, 0) is 37.0 Å². The summed E-state index contributed by atoms with van der Waals surface area (Å²) in [6.45, 7) is 8.45. The van der Waals surface area contributed by atoms with Crippen molar-refractivity contribution >= 4 is 11.6 Å². The molecule has 1 aromatic carbocycles. The highest BCUT2D eigenvalue weighted by atomic mass is 16.3. The van der Waals surface area contributed by atoms with Crippen LogP contribution in [0.2, 0.25) is 0 Å². The van der Waals surface area contributed by atoms with Gasteiger partial charge in [0.05, 0.1) is 19.1 Å². The molecule has 2 atom stereocenters. The van der Waals surface area contributed by atoms with Crippen molar-refractivity contribution in [2.45, 2.75) is 52.6 Å². The Kier molecular flexibility index (Phi) is 7.23. The van der Waals surface area contributed by atoms with Gasteiger partial charge in [-0.1, -0.05) is 32.9 Å². The van der Waals surface area contributed by atoms with Crippen LogP contribution in [0.25, 0.3) is 0 Å². The van der Waals surface area contributed by atoms with Crippen molar-refractivity contribution in [2.75, 3.05) is 11.9 Å². The van der Waals surface area contributed by atoms with Gasteiger partial charge in [-0.2, -0.15) is 0 Å². The lowest BCUT2D eigenvalue weighted by Crippen LogP contribution is -2.37. The topological polar surface area (TPSA) is 61.4 Å². The molecule has 0 aromatic heterocycles. The van der Waals surface area contributed by atoms with Gasteiger partial charge in [0, 0.05) is 11.7 Å². The van der Waals surface area contributed by atoms with E-state index in [4.69, 9.17) is 5.11 Å². The van der Waals surface area contributed by atoms with Gasteiger partial charge < -0.3 is 15.7 Å². The summed E-state index contributed by atoms with van der Waals surface area (Å²) in [7, 11) is 0. The molecule has 0 aliphatic carbocycles. The lowest BCUT2D eigenvalue weighted by Gasteiger charge is -2.19. The number of rotatable bonds is 8. The fraction of sp³-hybridized carbons (Fsp3) is 0.588. The number of benzene rings is 1. The zero-order chi connectivity index (χ0) is 15.8. The van der Waals surface area contributed by atoms with E-state index in [1.54, 1.807) is 0 Å². The molecule has 4 nitrogen and oxygen atoms in total. The number of hydrogen-bond acceptors (Lipinski definition) is 3. The number of anilines is 1. The van der Waals surface area contributed by atoms with E-state index in [2.05, 4.69) is 31.4 Å². The second-order valence-electron chi connectivity index (χ2n) is 5.91. The van der Waals surface area contributed by atoms with Crippen LogP contribution in [0.15, 0.2) is 24.3 Å². The van der Waals surface area contributed by atoms with E-state index in [1.165, 1.54) is 0 Å². The molecule has 0 heterocycles. The number of nitrogens with one attached hydrogen (secondary N) is 2. The van der Waals surface area contributed by atoms with E-state index >= 15 is 0 Å². The van der Waals surface area contributed by atoms with Gasteiger partial charge in [0.1, 0.15) is 0 Å². The summed E-state index contributed by atoms with van der Waals surface area (Å²) >= 11 is 0. The molecule has 1 rings (SSSR count). The third kappa shape index (κ3) is 6.17.